The number of rotatable bonds is 7. The normalized spacial score (nSPS) is 14.6. The lowest BCUT2D eigenvalue weighted by molar-refractivity contribution is -0.141. The van der Waals surface area contributed by atoms with E-state index < -0.39 is 34.2 Å². The number of hydrogen-bond acceptors (Lipinski definition) is 5. The molecule has 0 aliphatic rings. The van der Waals surface area contributed by atoms with Crippen molar-refractivity contribution < 1.29 is 28.2 Å². The lowest BCUT2D eigenvalue weighted by Crippen LogP contribution is -2.51. The SMILES string of the molecule is CNS(=O)(=O)CCNC(=O)NC(C(=O)O)C(C)O. The highest BCUT2D eigenvalue weighted by Crippen LogP contribution is 1.92. The van der Waals surface area contributed by atoms with E-state index >= 15 is 0 Å². The number of carbonyl (C=O) groups excluding carboxylic acids is 1. The molecule has 0 radical (unpaired) electrons. The van der Waals surface area contributed by atoms with Gasteiger partial charge in [-0.15, -0.1) is 0 Å². The lowest BCUT2D eigenvalue weighted by Gasteiger charge is -2.17. The summed E-state index contributed by atoms with van der Waals surface area (Å²) in [4.78, 5) is 21.9. The van der Waals surface area contributed by atoms with Gasteiger partial charge in [0, 0.05) is 6.54 Å². The minimum absolute atomic E-state index is 0.179. The molecule has 2 atom stereocenters. The van der Waals surface area contributed by atoms with E-state index in [1.807, 2.05) is 5.32 Å². The highest BCUT2D eigenvalue weighted by molar-refractivity contribution is 7.89. The molecule has 0 aromatic carbocycles. The summed E-state index contributed by atoms with van der Waals surface area (Å²) in [6.07, 6.45) is -1.27. The van der Waals surface area contributed by atoms with Crippen molar-refractivity contribution in [1.29, 1.82) is 0 Å². The number of aliphatic hydroxyl groups excluding tert-OH is 1. The van der Waals surface area contributed by atoms with Crippen LogP contribution < -0.4 is 15.4 Å². The van der Waals surface area contributed by atoms with Crippen molar-refractivity contribution in [3.8, 4) is 0 Å². The maximum Gasteiger partial charge on any atom is 0.328 e. The molecule has 0 bridgehead atoms. The van der Waals surface area contributed by atoms with Crippen LogP contribution >= 0.6 is 0 Å². The molecule has 9 nitrogen and oxygen atoms in total. The number of sulfonamides is 1. The number of aliphatic carboxylic acids is 1. The summed E-state index contributed by atoms with van der Waals surface area (Å²) >= 11 is 0. The van der Waals surface area contributed by atoms with Crippen molar-refractivity contribution in [2.75, 3.05) is 19.3 Å². The Labute approximate surface area is 105 Å². The first-order chi connectivity index (χ1) is 8.19. The smallest absolute Gasteiger partial charge is 0.328 e. The van der Waals surface area contributed by atoms with Gasteiger partial charge in [0.1, 0.15) is 0 Å². The number of urea groups is 1. The number of carboxylic acids is 1. The van der Waals surface area contributed by atoms with Gasteiger partial charge in [-0.25, -0.2) is 22.7 Å². The molecule has 0 spiro atoms. The molecule has 0 heterocycles. The fourth-order valence-corrected chi connectivity index (χ4v) is 1.56. The van der Waals surface area contributed by atoms with Crippen molar-refractivity contribution in [2.45, 2.75) is 19.1 Å². The average molecular weight is 283 g/mol. The summed E-state index contributed by atoms with van der Waals surface area (Å²) in [6.45, 7) is 1.03. The molecular formula is C8H17N3O6S. The Morgan fingerprint density at radius 3 is 2.28 bits per heavy atom. The fourth-order valence-electron chi connectivity index (χ4n) is 0.982. The molecule has 0 saturated heterocycles. The molecule has 0 saturated carbocycles. The highest BCUT2D eigenvalue weighted by Gasteiger charge is 2.24. The Kier molecular flexibility index (Phi) is 6.58. The van der Waals surface area contributed by atoms with Gasteiger partial charge in [-0.3, -0.25) is 0 Å². The van der Waals surface area contributed by atoms with Gasteiger partial charge in [0.2, 0.25) is 10.0 Å². The molecule has 2 unspecified atom stereocenters. The molecule has 0 rings (SSSR count). The molecular weight excluding hydrogens is 266 g/mol. The summed E-state index contributed by atoms with van der Waals surface area (Å²) < 4.78 is 24.1. The van der Waals surface area contributed by atoms with Crippen LogP contribution in [0.4, 0.5) is 4.79 Å². The molecule has 18 heavy (non-hydrogen) atoms. The zero-order chi connectivity index (χ0) is 14.3. The number of carbonyl (C=O) groups is 2. The predicted octanol–water partition coefficient (Wildman–Crippen LogP) is -2.33. The van der Waals surface area contributed by atoms with Gasteiger partial charge in [0.15, 0.2) is 6.04 Å². The Morgan fingerprint density at radius 2 is 1.89 bits per heavy atom. The van der Waals surface area contributed by atoms with Crippen LogP contribution in [0.25, 0.3) is 0 Å². The topological polar surface area (TPSA) is 145 Å². The largest absolute Gasteiger partial charge is 0.480 e. The number of nitrogens with one attached hydrogen (secondary N) is 3. The molecule has 0 aromatic heterocycles. The van der Waals surface area contributed by atoms with Crippen molar-refractivity contribution in [1.82, 2.24) is 15.4 Å². The van der Waals surface area contributed by atoms with E-state index in [-0.39, 0.29) is 12.3 Å². The first-order valence-corrected chi connectivity index (χ1v) is 6.71. The second-order valence-electron chi connectivity index (χ2n) is 3.48. The molecule has 106 valence electrons. The predicted molar refractivity (Wildman–Crippen MR) is 62.5 cm³/mol. The summed E-state index contributed by atoms with van der Waals surface area (Å²) in [5.41, 5.74) is 0. The molecule has 0 aliphatic carbocycles. The van der Waals surface area contributed by atoms with Crippen molar-refractivity contribution in [2.24, 2.45) is 0 Å². The second kappa shape index (κ2) is 7.13. The van der Waals surface area contributed by atoms with E-state index in [9.17, 15) is 18.0 Å². The third kappa shape index (κ3) is 6.37. The monoisotopic (exact) mass is 283 g/mol. The van der Waals surface area contributed by atoms with Gasteiger partial charge in [-0.05, 0) is 14.0 Å². The van der Waals surface area contributed by atoms with Gasteiger partial charge in [0.05, 0.1) is 11.9 Å². The maximum atomic E-state index is 11.2. The van der Waals surface area contributed by atoms with Crippen molar-refractivity contribution in [3.63, 3.8) is 0 Å². The summed E-state index contributed by atoms with van der Waals surface area (Å²) in [6, 6.07) is -2.32. The van der Waals surface area contributed by atoms with E-state index in [4.69, 9.17) is 10.2 Å². The maximum absolute atomic E-state index is 11.2. The molecule has 0 fully saturated rings. The van der Waals surface area contributed by atoms with Crippen LogP contribution in [0.5, 0.6) is 0 Å². The van der Waals surface area contributed by atoms with Crippen LogP contribution in [0.3, 0.4) is 0 Å². The van der Waals surface area contributed by atoms with E-state index in [1.54, 1.807) is 0 Å². The summed E-state index contributed by atoms with van der Waals surface area (Å²) in [5, 5.41) is 21.9. The molecule has 5 N–H and O–H groups in total. The van der Waals surface area contributed by atoms with Crippen LogP contribution in [0.15, 0.2) is 0 Å². The van der Waals surface area contributed by atoms with Crippen LogP contribution in [0, 0.1) is 0 Å². The first kappa shape index (κ1) is 16.6. The van der Waals surface area contributed by atoms with E-state index in [0.29, 0.717) is 0 Å². The van der Waals surface area contributed by atoms with Crippen molar-refractivity contribution >= 4 is 22.0 Å². The quantitative estimate of drug-likeness (QED) is 0.354. The number of carboxylic acid groups (broad SMARTS) is 1. The number of aliphatic hydroxyl groups is 1. The minimum Gasteiger partial charge on any atom is -0.480 e. The van der Waals surface area contributed by atoms with Crippen LogP contribution in [-0.4, -0.2) is 62.1 Å². The average Bonchev–Trinajstić information content (AvgIpc) is 2.24. The standard InChI is InChI=1S/C8H17N3O6S/c1-5(12)6(7(13)14)11-8(15)10-3-4-18(16,17)9-2/h5-6,9,12H,3-4H2,1-2H3,(H,13,14)(H2,10,11,15). The van der Waals surface area contributed by atoms with E-state index in [2.05, 4.69) is 10.0 Å². The van der Waals surface area contributed by atoms with E-state index in [0.717, 1.165) is 0 Å². The molecule has 0 aromatic rings. The van der Waals surface area contributed by atoms with Crippen LogP contribution in [-0.2, 0) is 14.8 Å². The van der Waals surface area contributed by atoms with Gasteiger partial charge in [-0.1, -0.05) is 0 Å². The Hall–Kier alpha value is -1.39. The number of amides is 2. The van der Waals surface area contributed by atoms with Crippen molar-refractivity contribution in [3.05, 3.63) is 0 Å². The molecule has 0 aliphatic heterocycles. The zero-order valence-electron chi connectivity index (χ0n) is 10.0. The van der Waals surface area contributed by atoms with Crippen LogP contribution in [0.2, 0.25) is 0 Å². The fraction of sp³-hybridized carbons (Fsp3) is 0.750. The third-order valence-corrected chi connectivity index (χ3v) is 3.37. The van der Waals surface area contributed by atoms with E-state index in [1.165, 1.54) is 14.0 Å². The van der Waals surface area contributed by atoms with Gasteiger partial charge >= 0.3 is 12.0 Å². The Balaban J connectivity index is 4.16. The lowest BCUT2D eigenvalue weighted by atomic mass is 10.2. The third-order valence-electron chi connectivity index (χ3n) is 2.00. The molecule has 10 heteroatoms. The number of hydrogen-bond donors (Lipinski definition) is 5. The van der Waals surface area contributed by atoms with Gasteiger partial charge in [0.25, 0.3) is 0 Å². The Bertz CT molecular complexity index is 394. The van der Waals surface area contributed by atoms with Crippen LogP contribution in [0.1, 0.15) is 6.92 Å². The highest BCUT2D eigenvalue weighted by atomic mass is 32.2. The van der Waals surface area contributed by atoms with Gasteiger partial charge < -0.3 is 20.8 Å². The van der Waals surface area contributed by atoms with Gasteiger partial charge in [-0.2, -0.15) is 0 Å². The second-order valence-corrected chi connectivity index (χ2v) is 5.53. The summed E-state index contributed by atoms with van der Waals surface area (Å²) in [7, 11) is -2.20. The minimum atomic E-state index is -3.43. The zero-order valence-corrected chi connectivity index (χ0v) is 10.8. The summed E-state index contributed by atoms with van der Waals surface area (Å²) in [5.74, 6) is -1.72. The first-order valence-electron chi connectivity index (χ1n) is 5.06. The Morgan fingerprint density at radius 1 is 1.33 bits per heavy atom. The molecule has 2 amide bonds.